The van der Waals surface area contributed by atoms with Gasteiger partial charge < -0.3 is 4.90 Å². The number of hydrogen-bond acceptors (Lipinski definition) is 1. The molecule has 0 bridgehead atoms. The third-order valence-corrected chi connectivity index (χ3v) is 3.68. The van der Waals surface area contributed by atoms with Crippen molar-refractivity contribution in [2.24, 2.45) is 5.41 Å². The molecule has 0 saturated heterocycles. The molecule has 2 aromatic carbocycles. The molecule has 0 atom stereocenters. The molecule has 3 rings (SSSR count). The predicted molar refractivity (Wildman–Crippen MR) is 110 cm³/mol. The Bertz CT molecular complexity index is 770. The molecule has 0 radical (unpaired) electrons. The summed E-state index contributed by atoms with van der Waals surface area (Å²) >= 11 is 0. The standard InChI is InChI=1S/C19H19N.C5H12/c1-19(2,3)20-14-17-10-5-4-8-15(17)12-13-16-9-6-7-11-18(16)20;1-5(2,3)4/h4-11H,14H2,1-3H3;1-4H3. The van der Waals surface area contributed by atoms with Gasteiger partial charge in [-0.25, -0.2) is 0 Å². The van der Waals surface area contributed by atoms with Crippen LogP contribution < -0.4 is 4.90 Å². The third-order valence-electron chi connectivity index (χ3n) is 3.68. The highest BCUT2D eigenvalue weighted by molar-refractivity contribution is 5.65. The van der Waals surface area contributed by atoms with Crippen molar-refractivity contribution in [1.82, 2.24) is 0 Å². The molecule has 0 aliphatic carbocycles. The maximum atomic E-state index is 3.33. The molecule has 1 aliphatic heterocycles. The van der Waals surface area contributed by atoms with Crippen LogP contribution in [0.15, 0.2) is 48.5 Å². The minimum Gasteiger partial charge on any atom is -0.361 e. The van der Waals surface area contributed by atoms with E-state index in [0.29, 0.717) is 5.41 Å². The Hall–Kier alpha value is -2.20. The summed E-state index contributed by atoms with van der Waals surface area (Å²) in [6.07, 6.45) is 0. The van der Waals surface area contributed by atoms with Crippen LogP contribution >= 0.6 is 0 Å². The zero-order chi connectivity index (χ0) is 18.7. The van der Waals surface area contributed by atoms with Gasteiger partial charge in [-0.15, -0.1) is 0 Å². The highest BCUT2D eigenvalue weighted by Crippen LogP contribution is 2.30. The van der Waals surface area contributed by atoms with E-state index in [4.69, 9.17) is 0 Å². The van der Waals surface area contributed by atoms with Crippen LogP contribution in [0.5, 0.6) is 0 Å². The lowest BCUT2D eigenvalue weighted by Gasteiger charge is -2.39. The first-order chi connectivity index (χ1) is 11.6. The molecule has 0 aromatic heterocycles. The van der Waals surface area contributed by atoms with Crippen LogP contribution in [0.4, 0.5) is 5.69 Å². The number of para-hydroxylation sites is 1. The van der Waals surface area contributed by atoms with Crippen molar-refractivity contribution in [2.75, 3.05) is 4.90 Å². The average molecular weight is 334 g/mol. The summed E-state index contributed by atoms with van der Waals surface area (Å²) in [4.78, 5) is 2.44. The quantitative estimate of drug-likeness (QED) is 0.514. The van der Waals surface area contributed by atoms with Crippen molar-refractivity contribution in [3.05, 3.63) is 65.2 Å². The first-order valence-corrected chi connectivity index (χ1v) is 9.02. The number of hydrogen-bond donors (Lipinski definition) is 0. The Morgan fingerprint density at radius 2 is 1.20 bits per heavy atom. The van der Waals surface area contributed by atoms with Crippen molar-refractivity contribution in [2.45, 2.75) is 60.5 Å². The fourth-order valence-corrected chi connectivity index (χ4v) is 2.58. The fourth-order valence-electron chi connectivity index (χ4n) is 2.58. The molecule has 0 spiro atoms. The Morgan fingerprint density at radius 1 is 0.720 bits per heavy atom. The van der Waals surface area contributed by atoms with Crippen molar-refractivity contribution >= 4 is 5.69 Å². The minimum atomic E-state index is 0.0578. The zero-order valence-electron chi connectivity index (χ0n) is 16.8. The van der Waals surface area contributed by atoms with Crippen LogP contribution in [0.25, 0.3) is 0 Å². The summed E-state index contributed by atoms with van der Waals surface area (Å²) in [6.45, 7) is 16.4. The molecular weight excluding hydrogens is 302 g/mol. The Labute approximate surface area is 154 Å². The molecule has 2 aromatic rings. The Balaban J connectivity index is 0.000000399. The van der Waals surface area contributed by atoms with Crippen LogP contribution in [-0.2, 0) is 6.54 Å². The van der Waals surface area contributed by atoms with Gasteiger partial charge in [-0.05, 0) is 49.9 Å². The highest BCUT2D eigenvalue weighted by atomic mass is 15.2. The second-order valence-corrected chi connectivity index (χ2v) is 9.18. The largest absolute Gasteiger partial charge is 0.361 e. The molecule has 0 amide bonds. The number of benzene rings is 2. The van der Waals surface area contributed by atoms with E-state index < -0.39 is 0 Å². The first-order valence-electron chi connectivity index (χ1n) is 9.02. The first kappa shape index (κ1) is 19.1. The average Bonchev–Trinajstić information content (AvgIpc) is 2.46. The lowest BCUT2D eigenvalue weighted by molar-refractivity contribution is 0.469. The molecule has 25 heavy (non-hydrogen) atoms. The van der Waals surface area contributed by atoms with E-state index in [2.05, 4.69) is 114 Å². The van der Waals surface area contributed by atoms with Crippen LogP contribution in [-0.4, -0.2) is 5.54 Å². The van der Waals surface area contributed by atoms with Gasteiger partial charge in [0.15, 0.2) is 0 Å². The van der Waals surface area contributed by atoms with E-state index in [0.717, 1.165) is 17.7 Å². The normalized spacial score (nSPS) is 13.2. The summed E-state index contributed by atoms with van der Waals surface area (Å²) in [5, 5.41) is 0. The molecule has 1 heteroatoms. The molecule has 132 valence electrons. The number of anilines is 1. The summed E-state index contributed by atoms with van der Waals surface area (Å²) in [5.74, 6) is 6.65. The molecule has 1 nitrogen and oxygen atoms in total. The second-order valence-electron chi connectivity index (χ2n) is 9.18. The summed E-state index contributed by atoms with van der Waals surface area (Å²) < 4.78 is 0. The van der Waals surface area contributed by atoms with Crippen molar-refractivity contribution in [1.29, 1.82) is 0 Å². The smallest absolute Gasteiger partial charge is 0.0532 e. The second kappa shape index (κ2) is 7.36. The SMILES string of the molecule is CC(C)(C)C.CC(C)(C)N1Cc2ccccc2C#Cc2ccccc21. The molecule has 0 fully saturated rings. The van der Waals surface area contributed by atoms with E-state index in [1.807, 2.05) is 0 Å². The summed E-state index contributed by atoms with van der Waals surface area (Å²) in [5.41, 5.74) is 5.32. The van der Waals surface area contributed by atoms with E-state index in [9.17, 15) is 0 Å². The fraction of sp³-hybridized carbons (Fsp3) is 0.417. The maximum absolute atomic E-state index is 3.33. The van der Waals surface area contributed by atoms with Crippen LogP contribution in [0.1, 0.15) is 65.2 Å². The van der Waals surface area contributed by atoms with Gasteiger partial charge in [-0.3, -0.25) is 0 Å². The van der Waals surface area contributed by atoms with E-state index in [-0.39, 0.29) is 5.54 Å². The van der Waals surface area contributed by atoms with Gasteiger partial charge >= 0.3 is 0 Å². The Morgan fingerprint density at radius 3 is 1.80 bits per heavy atom. The van der Waals surface area contributed by atoms with Crippen LogP contribution in [0.2, 0.25) is 0 Å². The van der Waals surface area contributed by atoms with Gasteiger partial charge in [-0.2, -0.15) is 0 Å². The number of fused-ring (bicyclic) bond motifs is 2. The lowest BCUT2D eigenvalue weighted by Crippen LogP contribution is -2.41. The number of rotatable bonds is 0. The molecule has 0 unspecified atom stereocenters. The molecule has 1 heterocycles. The van der Waals surface area contributed by atoms with Gasteiger partial charge in [0.2, 0.25) is 0 Å². The minimum absolute atomic E-state index is 0.0578. The van der Waals surface area contributed by atoms with Gasteiger partial charge in [0.25, 0.3) is 0 Å². The van der Waals surface area contributed by atoms with Gasteiger partial charge in [-0.1, -0.05) is 69.9 Å². The van der Waals surface area contributed by atoms with Gasteiger partial charge in [0, 0.05) is 23.2 Å². The van der Waals surface area contributed by atoms with Crippen molar-refractivity contribution < 1.29 is 0 Å². The zero-order valence-corrected chi connectivity index (χ0v) is 16.8. The van der Waals surface area contributed by atoms with Gasteiger partial charge in [0.1, 0.15) is 0 Å². The topological polar surface area (TPSA) is 3.24 Å². The van der Waals surface area contributed by atoms with E-state index in [1.54, 1.807) is 0 Å². The molecule has 0 saturated carbocycles. The monoisotopic (exact) mass is 333 g/mol. The van der Waals surface area contributed by atoms with Crippen molar-refractivity contribution in [3.8, 4) is 11.8 Å². The predicted octanol–water partition coefficient (Wildman–Crippen LogP) is 6.26. The summed E-state index contributed by atoms with van der Waals surface area (Å²) in [7, 11) is 0. The maximum Gasteiger partial charge on any atom is 0.0532 e. The molecule has 1 aliphatic rings. The van der Waals surface area contributed by atoms with E-state index >= 15 is 0 Å². The summed E-state index contributed by atoms with van der Waals surface area (Å²) in [6, 6.07) is 16.9. The highest BCUT2D eigenvalue weighted by Gasteiger charge is 2.25. The third kappa shape index (κ3) is 5.68. The Kier molecular flexibility index (Phi) is 5.63. The van der Waals surface area contributed by atoms with Gasteiger partial charge in [0.05, 0.1) is 5.69 Å². The lowest BCUT2D eigenvalue weighted by atomic mass is 9.97. The van der Waals surface area contributed by atoms with Crippen LogP contribution in [0.3, 0.4) is 0 Å². The molecular formula is C24H31N. The van der Waals surface area contributed by atoms with E-state index in [1.165, 1.54) is 11.3 Å². The molecule has 0 N–H and O–H groups in total. The van der Waals surface area contributed by atoms with Crippen LogP contribution in [0, 0.1) is 17.3 Å². The number of nitrogens with zero attached hydrogens (tertiary/aromatic N) is 1. The van der Waals surface area contributed by atoms with Crippen molar-refractivity contribution in [3.63, 3.8) is 0 Å².